The van der Waals surface area contributed by atoms with E-state index in [1.807, 2.05) is 18.2 Å². The SMILES string of the molecule is SOCc1nc2ccccc2s1. The Kier molecular flexibility index (Phi) is 2.30. The number of thiol groups is 1. The number of thiazole rings is 1. The fourth-order valence-electron chi connectivity index (χ4n) is 1.04. The van der Waals surface area contributed by atoms with Crippen LogP contribution in [-0.4, -0.2) is 4.98 Å². The Bertz CT molecular complexity index is 352. The van der Waals surface area contributed by atoms with Gasteiger partial charge < -0.3 is 4.18 Å². The maximum absolute atomic E-state index is 4.70. The van der Waals surface area contributed by atoms with Crippen LogP contribution in [0.5, 0.6) is 0 Å². The molecule has 0 N–H and O–H groups in total. The summed E-state index contributed by atoms with van der Waals surface area (Å²) in [5, 5.41) is 0.964. The van der Waals surface area contributed by atoms with Gasteiger partial charge in [-0.05, 0) is 25.0 Å². The van der Waals surface area contributed by atoms with Crippen LogP contribution in [0.4, 0.5) is 0 Å². The summed E-state index contributed by atoms with van der Waals surface area (Å²) in [4.78, 5) is 4.35. The first-order valence-corrected chi connectivity index (χ1v) is 4.69. The van der Waals surface area contributed by atoms with Gasteiger partial charge in [-0.15, -0.1) is 11.3 Å². The second-order valence-electron chi connectivity index (χ2n) is 2.35. The van der Waals surface area contributed by atoms with Crippen LogP contribution in [-0.2, 0) is 10.8 Å². The highest BCUT2D eigenvalue weighted by Gasteiger charge is 2.01. The minimum absolute atomic E-state index is 0.475. The molecule has 1 aromatic heterocycles. The average molecular weight is 197 g/mol. The number of hydrogen-bond donors (Lipinski definition) is 1. The molecule has 0 aliphatic heterocycles. The van der Waals surface area contributed by atoms with Crippen molar-refractivity contribution in [3.8, 4) is 0 Å². The van der Waals surface area contributed by atoms with Crippen molar-refractivity contribution >= 4 is 34.5 Å². The van der Waals surface area contributed by atoms with Gasteiger partial charge in [0.15, 0.2) is 0 Å². The van der Waals surface area contributed by atoms with Gasteiger partial charge in [0, 0.05) is 0 Å². The van der Waals surface area contributed by atoms with Crippen LogP contribution < -0.4 is 0 Å². The summed E-state index contributed by atoms with van der Waals surface area (Å²) in [6.45, 7) is 0.475. The molecule has 0 amide bonds. The molecule has 0 saturated carbocycles. The van der Waals surface area contributed by atoms with E-state index in [1.165, 1.54) is 4.70 Å². The smallest absolute Gasteiger partial charge is 0.121 e. The van der Waals surface area contributed by atoms with Gasteiger partial charge in [-0.2, -0.15) is 0 Å². The zero-order chi connectivity index (χ0) is 8.39. The van der Waals surface area contributed by atoms with Crippen molar-refractivity contribution in [1.29, 1.82) is 0 Å². The normalized spacial score (nSPS) is 10.8. The Labute approximate surface area is 79.8 Å². The third-order valence-corrected chi connectivity index (χ3v) is 2.67. The largest absolute Gasteiger partial charge is 0.311 e. The summed E-state index contributed by atoms with van der Waals surface area (Å²) in [6, 6.07) is 8.03. The summed E-state index contributed by atoms with van der Waals surface area (Å²) >= 11 is 5.32. The molecule has 0 saturated heterocycles. The van der Waals surface area contributed by atoms with Crippen molar-refractivity contribution in [2.75, 3.05) is 0 Å². The molecule has 0 spiro atoms. The van der Waals surface area contributed by atoms with E-state index in [0.29, 0.717) is 6.61 Å². The third kappa shape index (κ3) is 1.46. The van der Waals surface area contributed by atoms with Crippen molar-refractivity contribution in [2.24, 2.45) is 0 Å². The van der Waals surface area contributed by atoms with Crippen LogP contribution in [0.3, 0.4) is 0 Å². The molecule has 1 aromatic carbocycles. The van der Waals surface area contributed by atoms with Crippen LogP contribution >= 0.6 is 24.2 Å². The molecule has 0 fully saturated rings. The summed E-state index contributed by atoms with van der Waals surface area (Å²) in [6.07, 6.45) is 0. The maximum Gasteiger partial charge on any atom is 0.121 e. The molecule has 2 nitrogen and oxygen atoms in total. The lowest BCUT2D eigenvalue weighted by atomic mass is 10.3. The first-order chi connectivity index (χ1) is 5.90. The van der Waals surface area contributed by atoms with Gasteiger partial charge in [0.1, 0.15) is 11.6 Å². The number of benzene rings is 1. The molecule has 1 heterocycles. The molecule has 0 unspecified atom stereocenters. The van der Waals surface area contributed by atoms with Gasteiger partial charge in [-0.3, -0.25) is 0 Å². The van der Waals surface area contributed by atoms with Gasteiger partial charge in [0.25, 0.3) is 0 Å². The molecule has 62 valence electrons. The highest BCUT2D eigenvalue weighted by molar-refractivity contribution is 7.75. The summed E-state index contributed by atoms with van der Waals surface area (Å²) in [5.41, 5.74) is 1.03. The van der Waals surface area contributed by atoms with Crippen molar-refractivity contribution in [2.45, 2.75) is 6.61 Å². The van der Waals surface area contributed by atoms with Crippen LogP contribution in [0.25, 0.3) is 10.2 Å². The molecular weight excluding hydrogens is 190 g/mol. The summed E-state index contributed by atoms with van der Waals surface area (Å²) in [7, 11) is 0. The molecule has 12 heavy (non-hydrogen) atoms. The Morgan fingerprint density at radius 1 is 1.42 bits per heavy atom. The fraction of sp³-hybridized carbons (Fsp3) is 0.125. The Morgan fingerprint density at radius 3 is 3.00 bits per heavy atom. The van der Waals surface area contributed by atoms with Gasteiger partial charge >= 0.3 is 0 Å². The highest BCUT2D eigenvalue weighted by Crippen LogP contribution is 2.21. The lowest BCUT2D eigenvalue weighted by Gasteiger charge is -1.86. The minimum atomic E-state index is 0.475. The van der Waals surface area contributed by atoms with Crippen LogP contribution in [0.1, 0.15) is 5.01 Å². The van der Waals surface area contributed by atoms with Gasteiger partial charge in [-0.1, -0.05) is 12.1 Å². The lowest BCUT2D eigenvalue weighted by Crippen LogP contribution is -1.79. The maximum atomic E-state index is 4.70. The zero-order valence-electron chi connectivity index (χ0n) is 6.23. The standard InChI is InChI=1S/C8H7NOS2/c11-10-5-8-9-6-3-1-2-4-7(6)12-8/h1-4,11H,5H2. The van der Waals surface area contributed by atoms with Gasteiger partial charge in [0.05, 0.1) is 10.2 Å². The van der Waals surface area contributed by atoms with E-state index in [1.54, 1.807) is 11.3 Å². The summed E-state index contributed by atoms with van der Waals surface area (Å²) in [5.74, 6) is 0. The van der Waals surface area contributed by atoms with E-state index in [-0.39, 0.29) is 0 Å². The molecule has 2 aromatic rings. The average Bonchev–Trinajstić information content (AvgIpc) is 2.47. The van der Waals surface area contributed by atoms with Crippen molar-refractivity contribution in [3.05, 3.63) is 29.3 Å². The molecular formula is C8H7NOS2. The Hall–Kier alpha value is -0.580. The highest BCUT2D eigenvalue weighted by atomic mass is 32.1. The molecule has 0 atom stereocenters. The second-order valence-corrected chi connectivity index (χ2v) is 3.72. The predicted molar refractivity (Wildman–Crippen MR) is 53.4 cm³/mol. The van der Waals surface area contributed by atoms with E-state index in [9.17, 15) is 0 Å². The van der Waals surface area contributed by atoms with E-state index in [2.05, 4.69) is 24.0 Å². The molecule has 2 rings (SSSR count). The quantitative estimate of drug-likeness (QED) is 0.590. The van der Waals surface area contributed by atoms with E-state index < -0.39 is 0 Å². The monoisotopic (exact) mass is 197 g/mol. The third-order valence-electron chi connectivity index (χ3n) is 1.53. The van der Waals surface area contributed by atoms with Gasteiger partial charge in [-0.25, -0.2) is 4.98 Å². The number of fused-ring (bicyclic) bond motifs is 1. The Balaban J connectivity index is 2.47. The number of hydrogen-bond acceptors (Lipinski definition) is 4. The molecule has 0 bridgehead atoms. The number of rotatable bonds is 2. The Morgan fingerprint density at radius 2 is 2.25 bits per heavy atom. The molecule has 0 aliphatic carbocycles. The van der Waals surface area contributed by atoms with E-state index in [0.717, 1.165) is 10.5 Å². The first kappa shape index (κ1) is 8.04. The van der Waals surface area contributed by atoms with E-state index >= 15 is 0 Å². The van der Waals surface area contributed by atoms with Crippen molar-refractivity contribution in [3.63, 3.8) is 0 Å². The number of aromatic nitrogens is 1. The lowest BCUT2D eigenvalue weighted by molar-refractivity contribution is 0.371. The number of nitrogens with zero attached hydrogens (tertiary/aromatic N) is 1. The van der Waals surface area contributed by atoms with Crippen molar-refractivity contribution in [1.82, 2.24) is 4.98 Å². The second kappa shape index (κ2) is 3.43. The zero-order valence-corrected chi connectivity index (χ0v) is 7.94. The molecule has 4 heteroatoms. The summed E-state index contributed by atoms with van der Waals surface area (Å²) < 4.78 is 5.89. The van der Waals surface area contributed by atoms with Crippen molar-refractivity contribution < 1.29 is 4.18 Å². The first-order valence-electron chi connectivity index (χ1n) is 3.51. The molecule has 0 aliphatic rings. The predicted octanol–water partition coefficient (Wildman–Crippen LogP) is 2.66. The topological polar surface area (TPSA) is 22.1 Å². The fourth-order valence-corrected chi connectivity index (χ4v) is 2.13. The van der Waals surface area contributed by atoms with E-state index in [4.69, 9.17) is 4.18 Å². The number of para-hydroxylation sites is 1. The van der Waals surface area contributed by atoms with Crippen LogP contribution in [0, 0.1) is 0 Å². The van der Waals surface area contributed by atoms with Crippen LogP contribution in [0.15, 0.2) is 24.3 Å². The van der Waals surface area contributed by atoms with Gasteiger partial charge in [0.2, 0.25) is 0 Å². The molecule has 0 radical (unpaired) electrons. The minimum Gasteiger partial charge on any atom is -0.311 e. The van der Waals surface area contributed by atoms with Crippen LogP contribution in [0.2, 0.25) is 0 Å².